The van der Waals surface area contributed by atoms with Crippen LogP contribution < -0.4 is 5.32 Å². The van der Waals surface area contributed by atoms with E-state index in [2.05, 4.69) is 5.32 Å². The summed E-state index contributed by atoms with van der Waals surface area (Å²) in [5.41, 5.74) is 1.74. The molecule has 20 heavy (non-hydrogen) atoms. The standard InChI is InChI=1S/C17H17NO2/c19-16(15-9-5-2-6-10-15)13-17(20)18-12-11-14-7-3-1-4-8-14/h1-10H,11-13H2,(H,18,20). The zero-order valence-corrected chi connectivity index (χ0v) is 11.2. The van der Waals surface area contributed by atoms with E-state index in [9.17, 15) is 9.59 Å². The lowest BCUT2D eigenvalue weighted by Crippen LogP contribution is -2.27. The first-order valence-electron chi connectivity index (χ1n) is 6.64. The molecule has 0 saturated heterocycles. The summed E-state index contributed by atoms with van der Waals surface area (Å²) >= 11 is 0. The molecular formula is C17H17NO2. The quantitative estimate of drug-likeness (QED) is 0.646. The van der Waals surface area contributed by atoms with Crippen LogP contribution in [0.2, 0.25) is 0 Å². The maximum atomic E-state index is 11.8. The van der Waals surface area contributed by atoms with E-state index >= 15 is 0 Å². The molecular weight excluding hydrogens is 250 g/mol. The lowest BCUT2D eigenvalue weighted by molar-refractivity contribution is -0.120. The maximum absolute atomic E-state index is 11.8. The zero-order valence-electron chi connectivity index (χ0n) is 11.2. The molecule has 0 aliphatic carbocycles. The fraction of sp³-hybridized carbons (Fsp3) is 0.176. The Morgan fingerprint density at radius 3 is 2.10 bits per heavy atom. The summed E-state index contributed by atoms with van der Waals surface area (Å²) in [6.07, 6.45) is 0.672. The molecule has 0 spiro atoms. The van der Waals surface area contributed by atoms with Crippen LogP contribution in [0, 0.1) is 0 Å². The van der Waals surface area contributed by atoms with Crippen LogP contribution in [0.4, 0.5) is 0 Å². The van der Waals surface area contributed by atoms with Crippen LogP contribution in [0.1, 0.15) is 22.3 Å². The van der Waals surface area contributed by atoms with Gasteiger partial charge in [-0.1, -0.05) is 60.7 Å². The van der Waals surface area contributed by atoms with Crippen molar-refractivity contribution in [3.05, 3.63) is 71.8 Å². The smallest absolute Gasteiger partial charge is 0.227 e. The van der Waals surface area contributed by atoms with Gasteiger partial charge in [0.05, 0.1) is 6.42 Å². The van der Waals surface area contributed by atoms with Gasteiger partial charge in [0.1, 0.15) is 0 Å². The third kappa shape index (κ3) is 4.35. The zero-order chi connectivity index (χ0) is 14.2. The van der Waals surface area contributed by atoms with Crippen LogP contribution in [0.5, 0.6) is 0 Å². The Bertz CT molecular complexity index is 564. The molecule has 2 rings (SSSR count). The predicted molar refractivity (Wildman–Crippen MR) is 78.5 cm³/mol. The Balaban J connectivity index is 1.74. The van der Waals surface area contributed by atoms with Gasteiger partial charge in [0.25, 0.3) is 0 Å². The molecule has 1 amide bonds. The van der Waals surface area contributed by atoms with Gasteiger partial charge in [0, 0.05) is 12.1 Å². The van der Waals surface area contributed by atoms with E-state index in [0.29, 0.717) is 12.1 Å². The van der Waals surface area contributed by atoms with Crippen molar-refractivity contribution in [3.63, 3.8) is 0 Å². The van der Waals surface area contributed by atoms with Crippen LogP contribution >= 0.6 is 0 Å². The van der Waals surface area contributed by atoms with Gasteiger partial charge >= 0.3 is 0 Å². The molecule has 3 nitrogen and oxygen atoms in total. The van der Waals surface area contributed by atoms with Gasteiger partial charge in [-0.3, -0.25) is 9.59 Å². The second-order valence-electron chi connectivity index (χ2n) is 4.55. The first-order chi connectivity index (χ1) is 9.75. The molecule has 0 saturated carbocycles. The third-order valence-electron chi connectivity index (χ3n) is 3.00. The molecule has 0 atom stereocenters. The molecule has 0 aromatic heterocycles. The summed E-state index contributed by atoms with van der Waals surface area (Å²) in [6, 6.07) is 18.8. The highest BCUT2D eigenvalue weighted by Gasteiger charge is 2.10. The number of hydrogen-bond donors (Lipinski definition) is 1. The van der Waals surface area contributed by atoms with Gasteiger partial charge < -0.3 is 5.32 Å². The van der Waals surface area contributed by atoms with Crippen LogP contribution in [0.15, 0.2) is 60.7 Å². The number of hydrogen-bond acceptors (Lipinski definition) is 2. The monoisotopic (exact) mass is 267 g/mol. The molecule has 1 N–H and O–H groups in total. The largest absolute Gasteiger partial charge is 0.355 e. The minimum absolute atomic E-state index is 0.0984. The molecule has 3 heteroatoms. The Morgan fingerprint density at radius 1 is 0.850 bits per heavy atom. The van der Waals surface area contributed by atoms with Gasteiger partial charge in [-0.15, -0.1) is 0 Å². The third-order valence-corrected chi connectivity index (χ3v) is 3.00. The Labute approximate surface area is 118 Å². The predicted octanol–water partition coefficient (Wildman–Crippen LogP) is 2.62. The lowest BCUT2D eigenvalue weighted by Gasteiger charge is -2.05. The van der Waals surface area contributed by atoms with Gasteiger partial charge in [-0.2, -0.15) is 0 Å². The first-order valence-corrected chi connectivity index (χ1v) is 6.64. The molecule has 0 unspecified atom stereocenters. The topological polar surface area (TPSA) is 46.2 Å². The molecule has 0 aliphatic rings. The van der Waals surface area contributed by atoms with E-state index < -0.39 is 0 Å². The SMILES string of the molecule is O=C(CC(=O)c1ccccc1)NCCc1ccccc1. The van der Waals surface area contributed by atoms with Crippen molar-refractivity contribution in [2.75, 3.05) is 6.54 Å². The summed E-state index contributed by atoms with van der Waals surface area (Å²) in [5.74, 6) is -0.377. The summed E-state index contributed by atoms with van der Waals surface area (Å²) in [7, 11) is 0. The van der Waals surface area contributed by atoms with Crippen molar-refractivity contribution < 1.29 is 9.59 Å². The number of benzene rings is 2. The minimum atomic E-state index is -0.227. The lowest BCUT2D eigenvalue weighted by atomic mass is 10.1. The van der Waals surface area contributed by atoms with Crippen LogP contribution in [-0.4, -0.2) is 18.2 Å². The molecule has 0 aliphatic heterocycles. The Hall–Kier alpha value is -2.42. The molecule has 102 valence electrons. The number of nitrogens with one attached hydrogen (secondary N) is 1. The summed E-state index contributed by atoms with van der Waals surface area (Å²) in [5, 5.41) is 2.77. The average molecular weight is 267 g/mol. The molecule has 2 aromatic carbocycles. The Morgan fingerprint density at radius 2 is 1.45 bits per heavy atom. The average Bonchev–Trinajstić information content (AvgIpc) is 2.49. The second kappa shape index (κ2) is 7.24. The second-order valence-corrected chi connectivity index (χ2v) is 4.55. The van der Waals surface area contributed by atoms with Crippen molar-refractivity contribution in [1.82, 2.24) is 5.32 Å². The van der Waals surface area contributed by atoms with Crippen LogP contribution in [0.25, 0.3) is 0 Å². The van der Waals surface area contributed by atoms with Crippen molar-refractivity contribution in [3.8, 4) is 0 Å². The van der Waals surface area contributed by atoms with E-state index in [0.717, 1.165) is 6.42 Å². The molecule has 0 radical (unpaired) electrons. The van der Waals surface area contributed by atoms with E-state index in [-0.39, 0.29) is 18.1 Å². The number of Topliss-reactive ketones (excluding diaryl/α,β-unsaturated/α-hetero) is 1. The van der Waals surface area contributed by atoms with Gasteiger partial charge in [0.15, 0.2) is 5.78 Å². The molecule has 0 bridgehead atoms. The summed E-state index contributed by atoms with van der Waals surface area (Å²) in [4.78, 5) is 23.5. The minimum Gasteiger partial charge on any atom is -0.355 e. The maximum Gasteiger partial charge on any atom is 0.227 e. The highest BCUT2D eigenvalue weighted by molar-refractivity contribution is 6.07. The normalized spacial score (nSPS) is 10.0. The number of ketones is 1. The fourth-order valence-electron chi connectivity index (χ4n) is 1.93. The van der Waals surface area contributed by atoms with Crippen molar-refractivity contribution in [2.24, 2.45) is 0 Å². The number of carbonyl (C=O) groups is 2. The summed E-state index contributed by atoms with van der Waals surface area (Å²) in [6.45, 7) is 0.547. The number of rotatable bonds is 6. The number of carbonyl (C=O) groups excluding carboxylic acids is 2. The van der Waals surface area contributed by atoms with Crippen molar-refractivity contribution >= 4 is 11.7 Å². The van der Waals surface area contributed by atoms with E-state index in [1.54, 1.807) is 24.3 Å². The van der Waals surface area contributed by atoms with Crippen LogP contribution in [0.3, 0.4) is 0 Å². The highest BCUT2D eigenvalue weighted by atomic mass is 16.2. The van der Waals surface area contributed by atoms with E-state index in [1.807, 2.05) is 36.4 Å². The van der Waals surface area contributed by atoms with Gasteiger partial charge in [-0.05, 0) is 12.0 Å². The number of amides is 1. The highest BCUT2D eigenvalue weighted by Crippen LogP contribution is 2.03. The van der Waals surface area contributed by atoms with Crippen molar-refractivity contribution in [2.45, 2.75) is 12.8 Å². The molecule has 2 aromatic rings. The van der Waals surface area contributed by atoms with E-state index in [4.69, 9.17) is 0 Å². The molecule has 0 heterocycles. The van der Waals surface area contributed by atoms with Crippen molar-refractivity contribution in [1.29, 1.82) is 0 Å². The summed E-state index contributed by atoms with van der Waals surface area (Å²) < 4.78 is 0. The van der Waals surface area contributed by atoms with E-state index in [1.165, 1.54) is 5.56 Å². The first kappa shape index (κ1) is 14.0. The van der Waals surface area contributed by atoms with Gasteiger partial charge in [0.2, 0.25) is 5.91 Å². The van der Waals surface area contributed by atoms with Gasteiger partial charge in [-0.25, -0.2) is 0 Å². The Kier molecular flexibility index (Phi) is 5.07. The molecule has 0 fully saturated rings. The fourth-order valence-corrected chi connectivity index (χ4v) is 1.93. The van der Waals surface area contributed by atoms with Crippen LogP contribution in [-0.2, 0) is 11.2 Å².